The van der Waals surface area contributed by atoms with E-state index in [4.69, 9.17) is 9.47 Å². The maximum Gasteiger partial charge on any atom is 0.211 e. The highest BCUT2D eigenvalue weighted by atomic mass is 32.2. The number of ether oxygens (including phenoxy) is 2. The molecular weight excluding hydrogens is 266 g/mol. The van der Waals surface area contributed by atoms with E-state index >= 15 is 0 Å². The lowest BCUT2D eigenvalue weighted by molar-refractivity contribution is 0.310. The van der Waals surface area contributed by atoms with Crippen LogP contribution in [0.1, 0.15) is 32.4 Å². The van der Waals surface area contributed by atoms with Crippen LogP contribution in [-0.4, -0.2) is 27.9 Å². The predicted octanol–water partition coefficient (Wildman–Crippen LogP) is 2.09. The van der Waals surface area contributed by atoms with Gasteiger partial charge in [-0.3, -0.25) is 0 Å². The molecule has 1 aromatic carbocycles. The first-order chi connectivity index (χ1) is 8.93. The molecule has 0 amide bonds. The number of nitrogens with one attached hydrogen (secondary N) is 1. The Morgan fingerprint density at radius 2 is 1.95 bits per heavy atom. The van der Waals surface area contributed by atoms with Crippen LogP contribution in [0.25, 0.3) is 0 Å². The lowest BCUT2D eigenvalue weighted by Gasteiger charge is -2.16. The van der Waals surface area contributed by atoms with Crippen molar-refractivity contribution in [2.45, 2.75) is 26.8 Å². The van der Waals surface area contributed by atoms with Crippen molar-refractivity contribution in [1.29, 1.82) is 0 Å². The summed E-state index contributed by atoms with van der Waals surface area (Å²) in [6.45, 7) is 5.84. The van der Waals surface area contributed by atoms with Crippen LogP contribution >= 0.6 is 0 Å². The van der Waals surface area contributed by atoms with Gasteiger partial charge in [0, 0.05) is 6.04 Å². The van der Waals surface area contributed by atoms with E-state index in [0.29, 0.717) is 18.1 Å². The van der Waals surface area contributed by atoms with Crippen LogP contribution in [-0.2, 0) is 10.0 Å². The van der Waals surface area contributed by atoms with Gasteiger partial charge in [0.2, 0.25) is 10.0 Å². The Bertz CT molecular complexity index is 513. The van der Waals surface area contributed by atoms with Crippen molar-refractivity contribution in [2.75, 3.05) is 19.5 Å². The SMILES string of the molecule is CCOc1ccc(C(C)NS(=O)(=O)CC)cc1OC. The number of rotatable bonds is 7. The van der Waals surface area contributed by atoms with E-state index in [9.17, 15) is 8.42 Å². The Morgan fingerprint density at radius 1 is 1.26 bits per heavy atom. The quantitative estimate of drug-likeness (QED) is 0.834. The standard InChI is InChI=1S/C13H21NO4S/c1-5-18-12-8-7-11(9-13(12)17-4)10(3)14-19(15,16)6-2/h7-10,14H,5-6H2,1-4H3. The molecule has 0 bridgehead atoms. The molecule has 1 aromatic rings. The van der Waals surface area contributed by atoms with Crippen LogP contribution in [0.5, 0.6) is 11.5 Å². The fraction of sp³-hybridized carbons (Fsp3) is 0.538. The van der Waals surface area contributed by atoms with Gasteiger partial charge in [0.05, 0.1) is 19.5 Å². The maximum absolute atomic E-state index is 11.5. The van der Waals surface area contributed by atoms with Gasteiger partial charge in [-0.1, -0.05) is 6.07 Å². The van der Waals surface area contributed by atoms with E-state index in [1.54, 1.807) is 33.1 Å². The predicted molar refractivity (Wildman–Crippen MR) is 75.2 cm³/mol. The Hall–Kier alpha value is -1.27. The number of sulfonamides is 1. The van der Waals surface area contributed by atoms with E-state index in [1.807, 2.05) is 13.0 Å². The Kier molecular flexibility index (Phi) is 5.62. The topological polar surface area (TPSA) is 64.6 Å². The summed E-state index contributed by atoms with van der Waals surface area (Å²) in [7, 11) is -1.67. The average molecular weight is 287 g/mol. The molecule has 1 N–H and O–H groups in total. The van der Waals surface area contributed by atoms with E-state index in [-0.39, 0.29) is 11.8 Å². The van der Waals surface area contributed by atoms with Crippen LogP contribution < -0.4 is 14.2 Å². The fourth-order valence-electron chi connectivity index (χ4n) is 1.65. The molecule has 0 aromatic heterocycles. The summed E-state index contributed by atoms with van der Waals surface area (Å²) in [5.74, 6) is 1.31. The van der Waals surface area contributed by atoms with Crippen molar-refractivity contribution < 1.29 is 17.9 Å². The average Bonchev–Trinajstić information content (AvgIpc) is 2.39. The van der Waals surface area contributed by atoms with Crippen LogP contribution in [0.4, 0.5) is 0 Å². The van der Waals surface area contributed by atoms with Gasteiger partial charge in [-0.2, -0.15) is 0 Å². The number of benzene rings is 1. The molecule has 0 saturated heterocycles. The molecule has 1 unspecified atom stereocenters. The third-order valence-electron chi connectivity index (χ3n) is 2.72. The summed E-state index contributed by atoms with van der Waals surface area (Å²) in [5.41, 5.74) is 0.831. The highest BCUT2D eigenvalue weighted by molar-refractivity contribution is 7.89. The molecule has 6 heteroatoms. The van der Waals surface area contributed by atoms with Gasteiger partial charge in [0.25, 0.3) is 0 Å². The van der Waals surface area contributed by atoms with Gasteiger partial charge in [-0.15, -0.1) is 0 Å². The largest absolute Gasteiger partial charge is 0.493 e. The Morgan fingerprint density at radius 3 is 2.47 bits per heavy atom. The van der Waals surface area contributed by atoms with Crippen molar-refractivity contribution in [1.82, 2.24) is 4.72 Å². The van der Waals surface area contributed by atoms with Crippen LogP contribution in [0.2, 0.25) is 0 Å². The highest BCUT2D eigenvalue weighted by Crippen LogP contribution is 2.30. The normalized spacial score (nSPS) is 13.1. The van der Waals surface area contributed by atoms with Gasteiger partial charge >= 0.3 is 0 Å². The van der Waals surface area contributed by atoms with Gasteiger partial charge in [-0.05, 0) is 38.5 Å². The molecule has 0 heterocycles. The second-order valence-corrected chi connectivity index (χ2v) is 6.13. The van der Waals surface area contributed by atoms with E-state index < -0.39 is 10.0 Å². The third-order valence-corrected chi connectivity index (χ3v) is 4.20. The molecule has 0 radical (unpaired) electrons. The zero-order chi connectivity index (χ0) is 14.5. The molecule has 108 valence electrons. The van der Waals surface area contributed by atoms with E-state index in [1.165, 1.54) is 0 Å². The Labute approximate surface area is 115 Å². The molecule has 0 aliphatic rings. The van der Waals surface area contributed by atoms with Crippen molar-refractivity contribution in [3.8, 4) is 11.5 Å². The molecule has 0 aliphatic carbocycles. The first-order valence-corrected chi connectivity index (χ1v) is 7.89. The van der Waals surface area contributed by atoms with Crippen molar-refractivity contribution >= 4 is 10.0 Å². The number of hydrogen-bond donors (Lipinski definition) is 1. The first-order valence-electron chi connectivity index (χ1n) is 6.24. The molecule has 1 rings (SSSR count). The third kappa shape index (κ3) is 4.40. The summed E-state index contributed by atoms with van der Waals surface area (Å²) in [6, 6.07) is 5.09. The minimum Gasteiger partial charge on any atom is -0.493 e. The van der Waals surface area contributed by atoms with Crippen LogP contribution in [0.3, 0.4) is 0 Å². The summed E-state index contributed by atoms with van der Waals surface area (Å²) < 4.78 is 36.3. The molecular formula is C13H21NO4S. The molecule has 0 aliphatic heterocycles. The van der Waals surface area contributed by atoms with Crippen LogP contribution in [0.15, 0.2) is 18.2 Å². The zero-order valence-electron chi connectivity index (χ0n) is 11.8. The lowest BCUT2D eigenvalue weighted by atomic mass is 10.1. The molecule has 0 saturated carbocycles. The number of hydrogen-bond acceptors (Lipinski definition) is 4. The van der Waals surface area contributed by atoms with E-state index in [0.717, 1.165) is 5.56 Å². The lowest BCUT2D eigenvalue weighted by Crippen LogP contribution is -2.28. The van der Waals surface area contributed by atoms with Gasteiger partial charge in [-0.25, -0.2) is 13.1 Å². The van der Waals surface area contributed by atoms with Crippen molar-refractivity contribution in [2.24, 2.45) is 0 Å². The minimum atomic E-state index is -3.23. The first kappa shape index (κ1) is 15.8. The van der Waals surface area contributed by atoms with Crippen molar-refractivity contribution in [3.05, 3.63) is 23.8 Å². The summed E-state index contributed by atoms with van der Waals surface area (Å²) >= 11 is 0. The van der Waals surface area contributed by atoms with Gasteiger partial charge in [0.15, 0.2) is 11.5 Å². The summed E-state index contributed by atoms with van der Waals surface area (Å²) in [4.78, 5) is 0. The molecule has 5 nitrogen and oxygen atoms in total. The van der Waals surface area contributed by atoms with Gasteiger partial charge < -0.3 is 9.47 Å². The van der Waals surface area contributed by atoms with Gasteiger partial charge in [0.1, 0.15) is 0 Å². The fourth-order valence-corrected chi connectivity index (χ4v) is 2.49. The second kappa shape index (κ2) is 6.77. The summed E-state index contributed by atoms with van der Waals surface area (Å²) in [6.07, 6.45) is 0. The molecule has 0 spiro atoms. The molecule has 1 atom stereocenters. The van der Waals surface area contributed by atoms with Crippen molar-refractivity contribution in [3.63, 3.8) is 0 Å². The zero-order valence-corrected chi connectivity index (χ0v) is 12.6. The van der Waals surface area contributed by atoms with Crippen LogP contribution in [0, 0.1) is 0 Å². The van der Waals surface area contributed by atoms with E-state index in [2.05, 4.69) is 4.72 Å². The molecule has 0 fully saturated rings. The minimum absolute atomic E-state index is 0.0610. The molecule has 19 heavy (non-hydrogen) atoms. The second-order valence-electron chi connectivity index (χ2n) is 4.09. The smallest absolute Gasteiger partial charge is 0.211 e. The maximum atomic E-state index is 11.5. The summed E-state index contributed by atoms with van der Waals surface area (Å²) in [5, 5.41) is 0. The Balaban J connectivity index is 2.95. The number of methoxy groups -OCH3 is 1. The monoisotopic (exact) mass is 287 g/mol. The highest BCUT2D eigenvalue weighted by Gasteiger charge is 2.15.